The van der Waals surface area contributed by atoms with E-state index in [1.165, 1.54) is 20.3 Å². The number of methoxy groups -OCH3 is 2. The van der Waals surface area contributed by atoms with E-state index in [4.69, 9.17) is 19.3 Å². The maximum absolute atomic E-state index is 12.0. The van der Waals surface area contributed by atoms with Crippen LogP contribution in [-0.2, 0) is 20.7 Å². The van der Waals surface area contributed by atoms with Crippen LogP contribution in [0.25, 0.3) is 0 Å². The average Bonchev–Trinajstić information content (AvgIpc) is 2.53. The normalized spacial score (nSPS) is 11.4. The molecule has 0 fully saturated rings. The predicted octanol–water partition coefficient (Wildman–Crippen LogP) is 1.02. The zero-order valence-electron chi connectivity index (χ0n) is 13.2. The maximum Gasteiger partial charge on any atom is 0.328 e. The molecule has 0 bridgehead atoms. The Hall–Kier alpha value is -2.54. The summed E-state index contributed by atoms with van der Waals surface area (Å²) in [5, 5.41) is 11.5. The zero-order valence-corrected chi connectivity index (χ0v) is 13.2. The molecule has 2 N–H and O–H groups in total. The van der Waals surface area contributed by atoms with Crippen LogP contribution < -0.4 is 14.8 Å². The van der Waals surface area contributed by atoms with Crippen LogP contribution in [0.2, 0.25) is 0 Å². The first kappa shape index (κ1) is 18.5. The highest BCUT2D eigenvalue weighted by Gasteiger charge is 2.20. The molecule has 0 saturated carbocycles. The molecular weight excluding hydrogens is 302 g/mol. The van der Waals surface area contributed by atoms with Gasteiger partial charge in [-0.2, -0.15) is 0 Å². The van der Waals surface area contributed by atoms with Gasteiger partial charge in [0.1, 0.15) is 0 Å². The van der Waals surface area contributed by atoms with E-state index in [1.54, 1.807) is 18.2 Å². The number of rotatable bonds is 10. The summed E-state index contributed by atoms with van der Waals surface area (Å²) >= 11 is 0. The summed E-state index contributed by atoms with van der Waals surface area (Å²) in [7, 11) is 3.02. The molecule has 126 valence electrons. The van der Waals surface area contributed by atoms with Crippen molar-refractivity contribution in [3.63, 3.8) is 0 Å². The standard InChI is InChI=1S/C16H21NO6/c1-4-7-23-10-12(16(19)20)17-15(18)9-11-5-6-13(21-2)14(8-11)22-3/h4-6,8,12H,1,7,9-10H2,2-3H3,(H,17,18)(H,19,20). The summed E-state index contributed by atoms with van der Waals surface area (Å²) in [6.45, 7) is 3.56. The second-order valence-electron chi connectivity index (χ2n) is 4.65. The minimum atomic E-state index is -1.16. The van der Waals surface area contributed by atoms with Crippen LogP contribution in [0, 0.1) is 0 Å². The van der Waals surface area contributed by atoms with Crippen molar-refractivity contribution in [3.8, 4) is 11.5 Å². The number of ether oxygens (including phenoxy) is 3. The van der Waals surface area contributed by atoms with Crippen molar-refractivity contribution in [3.05, 3.63) is 36.4 Å². The number of nitrogens with one attached hydrogen (secondary N) is 1. The first-order valence-electron chi connectivity index (χ1n) is 6.93. The third-order valence-corrected chi connectivity index (χ3v) is 2.97. The molecule has 0 spiro atoms. The molecule has 0 heterocycles. The van der Waals surface area contributed by atoms with Crippen LogP contribution in [0.15, 0.2) is 30.9 Å². The van der Waals surface area contributed by atoms with Crippen LogP contribution in [0.1, 0.15) is 5.56 Å². The van der Waals surface area contributed by atoms with Crippen LogP contribution in [-0.4, -0.2) is 50.5 Å². The number of hydrogen-bond donors (Lipinski definition) is 2. The lowest BCUT2D eigenvalue weighted by molar-refractivity contribution is -0.143. The Morgan fingerprint density at radius 1 is 1.30 bits per heavy atom. The SMILES string of the molecule is C=CCOCC(NC(=O)Cc1ccc(OC)c(OC)c1)C(=O)O. The fourth-order valence-electron chi connectivity index (χ4n) is 1.87. The van der Waals surface area contributed by atoms with Crippen molar-refractivity contribution < 1.29 is 28.9 Å². The summed E-state index contributed by atoms with van der Waals surface area (Å²) in [5.41, 5.74) is 0.677. The second kappa shape index (κ2) is 9.47. The lowest BCUT2D eigenvalue weighted by atomic mass is 10.1. The lowest BCUT2D eigenvalue weighted by Crippen LogP contribution is -2.44. The first-order chi connectivity index (χ1) is 11.0. The van der Waals surface area contributed by atoms with Gasteiger partial charge in [-0.3, -0.25) is 4.79 Å². The Morgan fingerprint density at radius 2 is 2.00 bits per heavy atom. The highest BCUT2D eigenvalue weighted by Crippen LogP contribution is 2.27. The Balaban J connectivity index is 2.66. The molecule has 1 atom stereocenters. The van der Waals surface area contributed by atoms with Gasteiger partial charge in [-0.15, -0.1) is 6.58 Å². The monoisotopic (exact) mass is 323 g/mol. The molecule has 0 aliphatic carbocycles. The van der Waals surface area contributed by atoms with E-state index in [2.05, 4.69) is 11.9 Å². The number of benzene rings is 1. The molecule has 0 aliphatic heterocycles. The molecule has 1 aromatic rings. The molecule has 7 nitrogen and oxygen atoms in total. The zero-order chi connectivity index (χ0) is 17.2. The summed E-state index contributed by atoms with van der Waals surface area (Å²) in [6, 6.07) is 3.96. The lowest BCUT2D eigenvalue weighted by Gasteiger charge is -2.15. The number of aliphatic carboxylic acids is 1. The van der Waals surface area contributed by atoms with E-state index in [1.807, 2.05) is 0 Å². The van der Waals surface area contributed by atoms with Crippen LogP contribution in [0.4, 0.5) is 0 Å². The van der Waals surface area contributed by atoms with E-state index in [0.29, 0.717) is 17.1 Å². The Morgan fingerprint density at radius 3 is 2.57 bits per heavy atom. The highest BCUT2D eigenvalue weighted by atomic mass is 16.5. The van der Waals surface area contributed by atoms with Gasteiger partial charge >= 0.3 is 5.97 Å². The minimum Gasteiger partial charge on any atom is -0.493 e. The third-order valence-electron chi connectivity index (χ3n) is 2.97. The third kappa shape index (κ3) is 5.99. The summed E-state index contributed by atoms with van der Waals surface area (Å²) in [5.74, 6) is -0.527. The summed E-state index contributed by atoms with van der Waals surface area (Å²) in [4.78, 5) is 23.1. The molecule has 1 aromatic carbocycles. The fraction of sp³-hybridized carbons (Fsp3) is 0.375. The van der Waals surface area contributed by atoms with Gasteiger partial charge in [0.2, 0.25) is 5.91 Å². The Bertz CT molecular complexity index is 558. The van der Waals surface area contributed by atoms with Gasteiger partial charge in [-0.25, -0.2) is 4.79 Å². The van der Waals surface area contributed by atoms with Crippen molar-refractivity contribution in [1.29, 1.82) is 0 Å². The van der Waals surface area contributed by atoms with E-state index < -0.39 is 17.9 Å². The number of carbonyl (C=O) groups excluding carboxylic acids is 1. The van der Waals surface area contributed by atoms with E-state index in [9.17, 15) is 9.59 Å². The second-order valence-corrected chi connectivity index (χ2v) is 4.65. The highest BCUT2D eigenvalue weighted by molar-refractivity contribution is 5.85. The van der Waals surface area contributed by atoms with Crippen molar-refractivity contribution in [2.75, 3.05) is 27.4 Å². The topological polar surface area (TPSA) is 94.1 Å². The van der Waals surface area contributed by atoms with Gasteiger partial charge < -0.3 is 24.6 Å². The van der Waals surface area contributed by atoms with Crippen molar-refractivity contribution >= 4 is 11.9 Å². The van der Waals surface area contributed by atoms with E-state index in [0.717, 1.165) is 0 Å². The van der Waals surface area contributed by atoms with Gasteiger partial charge in [0.25, 0.3) is 0 Å². The molecule has 0 aliphatic rings. The van der Waals surface area contributed by atoms with Crippen LogP contribution in [0.3, 0.4) is 0 Å². The smallest absolute Gasteiger partial charge is 0.328 e. The number of hydrogen-bond acceptors (Lipinski definition) is 5. The fourth-order valence-corrected chi connectivity index (χ4v) is 1.87. The molecular formula is C16H21NO6. The predicted molar refractivity (Wildman–Crippen MR) is 83.8 cm³/mol. The van der Waals surface area contributed by atoms with Crippen molar-refractivity contribution in [2.45, 2.75) is 12.5 Å². The molecule has 0 radical (unpaired) electrons. The number of amides is 1. The first-order valence-corrected chi connectivity index (χ1v) is 6.93. The minimum absolute atomic E-state index is 0.0194. The average molecular weight is 323 g/mol. The maximum atomic E-state index is 12.0. The van der Waals surface area contributed by atoms with Gasteiger partial charge in [0.05, 0.1) is 33.9 Å². The van der Waals surface area contributed by atoms with Gasteiger partial charge in [0, 0.05) is 0 Å². The molecule has 0 aromatic heterocycles. The van der Waals surface area contributed by atoms with E-state index >= 15 is 0 Å². The van der Waals surface area contributed by atoms with Crippen molar-refractivity contribution in [1.82, 2.24) is 5.32 Å². The van der Waals surface area contributed by atoms with Gasteiger partial charge in [-0.1, -0.05) is 12.1 Å². The number of carboxylic acid groups (broad SMARTS) is 1. The molecule has 1 unspecified atom stereocenters. The summed E-state index contributed by atoms with van der Waals surface area (Å²) in [6.07, 6.45) is 1.52. The Labute approximate surface area is 134 Å². The number of carboxylic acids is 1. The quantitative estimate of drug-likeness (QED) is 0.493. The molecule has 23 heavy (non-hydrogen) atoms. The molecule has 0 saturated heterocycles. The van der Waals surface area contributed by atoms with Gasteiger partial charge in [0.15, 0.2) is 17.5 Å². The summed E-state index contributed by atoms with van der Waals surface area (Å²) < 4.78 is 15.4. The molecule has 7 heteroatoms. The van der Waals surface area contributed by atoms with Crippen LogP contribution >= 0.6 is 0 Å². The van der Waals surface area contributed by atoms with Crippen LogP contribution in [0.5, 0.6) is 11.5 Å². The molecule has 1 rings (SSSR count). The Kier molecular flexibility index (Phi) is 7.62. The largest absolute Gasteiger partial charge is 0.493 e. The van der Waals surface area contributed by atoms with E-state index in [-0.39, 0.29) is 19.6 Å². The van der Waals surface area contributed by atoms with Gasteiger partial charge in [-0.05, 0) is 17.7 Å². The number of carbonyl (C=O) groups is 2. The van der Waals surface area contributed by atoms with Crippen molar-refractivity contribution in [2.24, 2.45) is 0 Å². The molecule has 1 amide bonds.